The first kappa shape index (κ1) is 23.4. The van der Waals surface area contributed by atoms with Crippen LogP contribution in [0.25, 0.3) is 10.9 Å². The summed E-state index contributed by atoms with van der Waals surface area (Å²) in [6.07, 6.45) is 2.93. The van der Waals surface area contributed by atoms with E-state index in [9.17, 15) is 4.79 Å². The fourth-order valence-corrected chi connectivity index (χ4v) is 3.86. The third kappa shape index (κ3) is 5.77. The molecule has 0 saturated carbocycles. The minimum Gasteiger partial charge on any atom is -0.488 e. The summed E-state index contributed by atoms with van der Waals surface area (Å²) in [4.78, 5) is 24.4. The third-order valence-corrected chi connectivity index (χ3v) is 5.71. The van der Waals surface area contributed by atoms with Crippen LogP contribution in [0.1, 0.15) is 17.5 Å². The maximum absolute atomic E-state index is 11.3. The molecule has 0 bridgehead atoms. The summed E-state index contributed by atoms with van der Waals surface area (Å²) >= 11 is 1.56. The first-order valence-corrected chi connectivity index (χ1v) is 11.6. The lowest BCUT2D eigenvalue weighted by Crippen LogP contribution is -2.35. The predicted octanol–water partition coefficient (Wildman–Crippen LogP) is 3.59. The highest BCUT2D eigenvalue weighted by molar-refractivity contribution is 7.09. The van der Waals surface area contributed by atoms with Gasteiger partial charge in [0.05, 0.1) is 17.4 Å². The minimum absolute atomic E-state index is 0.258. The Morgan fingerprint density at radius 3 is 2.82 bits per heavy atom. The largest absolute Gasteiger partial charge is 0.488 e. The number of aryl methyl sites for hydroxylation is 1. The number of hydrogen-bond acceptors (Lipinski definition) is 9. The van der Waals surface area contributed by atoms with Crippen LogP contribution >= 0.6 is 11.3 Å². The zero-order valence-corrected chi connectivity index (χ0v) is 19.6. The zero-order valence-electron chi connectivity index (χ0n) is 18.8. The van der Waals surface area contributed by atoms with Gasteiger partial charge in [0.1, 0.15) is 48.0 Å². The number of amides is 1. The highest BCUT2D eigenvalue weighted by Crippen LogP contribution is 2.33. The smallest absolute Gasteiger partial charge is 0.245 e. The second kappa shape index (κ2) is 10.9. The molecule has 9 nitrogen and oxygen atoms in total. The van der Waals surface area contributed by atoms with Gasteiger partial charge in [0.2, 0.25) is 5.91 Å². The Labute approximate surface area is 200 Å². The van der Waals surface area contributed by atoms with Gasteiger partial charge in [0, 0.05) is 17.3 Å². The third-order valence-electron chi connectivity index (χ3n) is 4.96. The summed E-state index contributed by atoms with van der Waals surface area (Å²) in [5.74, 6) is 1.53. The van der Waals surface area contributed by atoms with Gasteiger partial charge >= 0.3 is 0 Å². The molecular formula is C24H25N5O4S. The summed E-state index contributed by atoms with van der Waals surface area (Å²) in [5.41, 5.74) is 2.54. The van der Waals surface area contributed by atoms with E-state index >= 15 is 0 Å². The first-order chi connectivity index (χ1) is 16.5. The number of benzene rings is 2. The number of nitrogens with one attached hydrogen (secondary N) is 2. The summed E-state index contributed by atoms with van der Waals surface area (Å²) in [5, 5.41) is 18.4. The Morgan fingerprint density at radius 2 is 2.06 bits per heavy atom. The Morgan fingerprint density at radius 1 is 1.18 bits per heavy atom. The molecule has 1 atom stereocenters. The number of fused-ring (bicyclic) bond motifs is 1. The number of aliphatic hydroxyl groups excluding tert-OH is 1. The molecule has 0 unspecified atom stereocenters. The van der Waals surface area contributed by atoms with E-state index in [1.54, 1.807) is 17.5 Å². The number of hydrogen-bond donors (Lipinski definition) is 3. The van der Waals surface area contributed by atoms with Gasteiger partial charge in [-0.05, 0) is 49.7 Å². The highest BCUT2D eigenvalue weighted by atomic mass is 32.1. The van der Waals surface area contributed by atoms with Crippen LogP contribution in [0.15, 0.2) is 54.3 Å². The van der Waals surface area contributed by atoms with Gasteiger partial charge in [-0.1, -0.05) is 6.07 Å². The molecule has 34 heavy (non-hydrogen) atoms. The van der Waals surface area contributed by atoms with Crippen LogP contribution in [0.5, 0.6) is 11.5 Å². The number of carbonyl (C=O) groups excluding carboxylic acids is 1. The fraction of sp³-hybridized carbons (Fsp3) is 0.250. The number of rotatable bonds is 10. The molecule has 0 saturated heterocycles. The molecule has 0 aliphatic carbocycles. The van der Waals surface area contributed by atoms with Crippen molar-refractivity contribution in [3.05, 3.63) is 64.9 Å². The van der Waals surface area contributed by atoms with Gasteiger partial charge in [-0.2, -0.15) is 0 Å². The topological polar surface area (TPSA) is 118 Å². The van der Waals surface area contributed by atoms with Crippen molar-refractivity contribution >= 4 is 39.7 Å². The van der Waals surface area contributed by atoms with Gasteiger partial charge in [-0.15, -0.1) is 11.3 Å². The molecule has 0 aliphatic heterocycles. The Balaban J connectivity index is 1.52. The van der Waals surface area contributed by atoms with E-state index in [0.29, 0.717) is 18.2 Å². The molecule has 176 valence electrons. The van der Waals surface area contributed by atoms with E-state index in [2.05, 4.69) is 25.6 Å². The van der Waals surface area contributed by atoms with Crippen LogP contribution in [0.3, 0.4) is 0 Å². The second-order valence-electron chi connectivity index (χ2n) is 7.58. The SMILES string of the molecule is Cc1cc(Nc2ncnc3cccc(O[C@H](C)CNC(=O)CO)c23)ccc1OCc1nccs1. The van der Waals surface area contributed by atoms with E-state index in [1.807, 2.05) is 55.6 Å². The number of anilines is 2. The maximum Gasteiger partial charge on any atom is 0.245 e. The van der Waals surface area contributed by atoms with Gasteiger partial charge < -0.3 is 25.2 Å². The molecule has 4 rings (SSSR count). The van der Waals surface area contributed by atoms with Crippen LogP contribution in [-0.2, 0) is 11.4 Å². The zero-order chi connectivity index (χ0) is 23.9. The quantitative estimate of drug-likeness (QED) is 0.316. The molecule has 0 radical (unpaired) electrons. The molecule has 3 N–H and O–H groups in total. The van der Waals surface area contributed by atoms with E-state index in [4.69, 9.17) is 14.6 Å². The van der Waals surface area contributed by atoms with Crippen molar-refractivity contribution in [2.45, 2.75) is 26.6 Å². The normalized spacial score (nSPS) is 11.7. The standard InChI is InChI=1S/C24H25N5O4S/c1-15-10-17(6-7-19(15)32-13-22-25-8-9-34-22)29-24-23-18(27-14-28-24)4-3-5-20(23)33-16(2)11-26-21(31)12-30/h3-10,14,16,30H,11-13H2,1-2H3,(H,26,31)(H,27,28,29)/t16-/m1/s1. The average molecular weight is 480 g/mol. The molecule has 0 fully saturated rings. The van der Waals surface area contributed by atoms with Gasteiger partial charge in [0.25, 0.3) is 0 Å². The Bertz CT molecular complexity index is 1260. The first-order valence-electron chi connectivity index (χ1n) is 10.7. The maximum atomic E-state index is 11.3. The Kier molecular flexibility index (Phi) is 7.51. The van der Waals surface area contributed by atoms with Crippen molar-refractivity contribution in [1.29, 1.82) is 0 Å². The molecule has 0 spiro atoms. The van der Waals surface area contributed by atoms with Crippen molar-refractivity contribution in [2.75, 3.05) is 18.5 Å². The van der Waals surface area contributed by atoms with Gasteiger partial charge in [-0.25, -0.2) is 15.0 Å². The summed E-state index contributed by atoms with van der Waals surface area (Å²) in [6, 6.07) is 11.4. The average Bonchev–Trinajstić information content (AvgIpc) is 3.36. The Hall–Kier alpha value is -3.76. The van der Waals surface area contributed by atoms with Crippen molar-refractivity contribution in [3.8, 4) is 11.5 Å². The van der Waals surface area contributed by atoms with Crippen LogP contribution in [0.4, 0.5) is 11.5 Å². The number of aliphatic hydroxyl groups is 1. The number of nitrogens with zero attached hydrogens (tertiary/aromatic N) is 3. The van der Waals surface area contributed by atoms with Gasteiger partial charge in [-0.3, -0.25) is 4.79 Å². The van der Waals surface area contributed by atoms with Crippen LogP contribution in [0, 0.1) is 6.92 Å². The molecule has 4 aromatic rings. The number of ether oxygens (including phenoxy) is 2. The fourth-order valence-electron chi connectivity index (χ4n) is 3.33. The molecule has 2 aromatic heterocycles. The lowest BCUT2D eigenvalue weighted by Gasteiger charge is -2.18. The van der Waals surface area contributed by atoms with E-state index in [0.717, 1.165) is 32.9 Å². The molecular weight excluding hydrogens is 454 g/mol. The lowest BCUT2D eigenvalue weighted by atomic mass is 10.1. The van der Waals surface area contributed by atoms with Crippen LogP contribution < -0.4 is 20.1 Å². The van der Waals surface area contributed by atoms with Crippen molar-refractivity contribution in [3.63, 3.8) is 0 Å². The van der Waals surface area contributed by atoms with Crippen molar-refractivity contribution in [2.24, 2.45) is 0 Å². The van der Waals surface area contributed by atoms with Crippen LogP contribution in [-0.4, -0.2) is 45.2 Å². The molecule has 1 amide bonds. The highest BCUT2D eigenvalue weighted by Gasteiger charge is 2.14. The molecule has 10 heteroatoms. The lowest BCUT2D eigenvalue weighted by molar-refractivity contribution is -0.124. The number of carbonyl (C=O) groups is 1. The summed E-state index contributed by atoms with van der Waals surface area (Å²) < 4.78 is 12.0. The minimum atomic E-state index is -0.558. The summed E-state index contributed by atoms with van der Waals surface area (Å²) in [6.45, 7) is 3.95. The summed E-state index contributed by atoms with van der Waals surface area (Å²) in [7, 11) is 0. The number of thiazole rings is 1. The van der Waals surface area contributed by atoms with Crippen LogP contribution in [0.2, 0.25) is 0 Å². The van der Waals surface area contributed by atoms with Gasteiger partial charge in [0.15, 0.2) is 0 Å². The second-order valence-corrected chi connectivity index (χ2v) is 8.56. The van der Waals surface area contributed by atoms with Crippen molar-refractivity contribution < 1.29 is 19.4 Å². The monoisotopic (exact) mass is 479 g/mol. The van der Waals surface area contributed by atoms with E-state index < -0.39 is 12.5 Å². The predicted molar refractivity (Wildman–Crippen MR) is 131 cm³/mol. The van der Waals surface area contributed by atoms with Crippen molar-refractivity contribution in [1.82, 2.24) is 20.3 Å². The number of aromatic nitrogens is 3. The van der Waals surface area contributed by atoms with E-state index in [-0.39, 0.29) is 12.6 Å². The van der Waals surface area contributed by atoms with E-state index in [1.165, 1.54) is 6.33 Å². The molecule has 2 aromatic carbocycles. The molecule has 0 aliphatic rings. The molecule has 2 heterocycles.